The molecule has 0 spiro atoms. The van der Waals surface area contributed by atoms with Crippen molar-refractivity contribution in [2.24, 2.45) is 5.92 Å². The van der Waals surface area contributed by atoms with Crippen LogP contribution >= 0.6 is 23.2 Å². The lowest BCUT2D eigenvalue weighted by molar-refractivity contribution is -0.127. The molecular weight excluding hydrogens is 832 g/mol. The molecule has 0 atom stereocenters. The molecule has 6 aromatic rings. The zero-order chi connectivity index (χ0) is 44.9. The number of carbonyl (C=O) groups is 5. The van der Waals surface area contributed by atoms with Gasteiger partial charge in [0, 0.05) is 59.5 Å². The first-order chi connectivity index (χ1) is 30.4. The first-order valence-corrected chi connectivity index (χ1v) is 21.4. The molecule has 0 unspecified atom stereocenters. The Morgan fingerprint density at radius 3 is 1.59 bits per heavy atom. The molecule has 0 heterocycles. The summed E-state index contributed by atoms with van der Waals surface area (Å²) in [5.74, 6) is -0.402. The minimum Gasteiger partial charge on any atom is -0.398 e. The van der Waals surface area contributed by atoms with Crippen molar-refractivity contribution in [3.8, 4) is 0 Å². The van der Waals surface area contributed by atoms with Gasteiger partial charge >= 0.3 is 0 Å². The molecule has 0 aromatic heterocycles. The van der Waals surface area contributed by atoms with Gasteiger partial charge in [-0.2, -0.15) is 0 Å². The SMILES string of the molecule is Cc1ccccc1NC(=O)c1ccc(N)c(Cl)c1.Cc1ccccc1NC(=O)c1ccc(NC2=C(Cc3ccccc3)C(=O)CC2)c(Cl)c1.O=C1CCC(=O)C1Cc1ccccc1. The van der Waals surface area contributed by atoms with Gasteiger partial charge < -0.3 is 21.7 Å². The van der Waals surface area contributed by atoms with Gasteiger partial charge in [0.1, 0.15) is 11.6 Å². The van der Waals surface area contributed by atoms with Crippen molar-refractivity contribution in [1.29, 1.82) is 0 Å². The van der Waals surface area contributed by atoms with E-state index < -0.39 is 0 Å². The lowest BCUT2D eigenvalue weighted by atomic mass is 9.96. The van der Waals surface area contributed by atoms with E-state index in [-0.39, 0.29) is 35.1 Å². The number of benzene rings is 6. The maximum Gasteiger partial charge on any atom is 0.255 e. The number of carbonyl (C=O) groups excluding carboxylic acids is 5. The zero-order valence-corrected chi connectivity index (χ0v) is 36.6. The third-order valence-electron chi connectivity index (χ3n) is 10.8. The lowest BCUT2D eigenvalue weighted by Gasteiger charge is -2.13. The Balaban J connectivity index is 0.000000174. The van der Waals surface area contributed by atoms with Crippen molar-refractivity contribution in [2.45, 2.75) is 52.4 Å². The molecule has 9 nitrogen and oxygen atoms in total. The fraction of sp³-hybridized carbons (Fsp3) is 0.173. The standard InChI is InChI=1S/C26H23ClN2O2.C14H13ClN2O.C12H12O2/c1-17-7-5-6-10-22(17)29-26(31)19-11-12-24(21(27)16-19)28-23-13-14-25(30)20(23)15-18-8-3-2-4-9-18;1-9-4-2-3-5-13(9)17-14(18)10-6-7-12(16)11(15)8-10;13-11-6-7-12(14)10(11)8-9-4-2-1-3-5-9/h2-12,16,28H,13-15H2,1H3,(H,29,31);2-8H,16H2,1H3,(H,17,18);1-5,10H,6-8H2. The number of aryl methyl sites for hydroxylation is 2. The molecule has 0 bridgehead atoms. The molecule has 1 saturated carbocycles. The minimum absolute atomic E-state index is 0.110. The maximum absolute atomic E-state index is 12.6. The van der Waals surface area contributed by atoms with Crippen LogP contribution in [-0.4, -0.2) is 29.2 Å². The van der Waals surface area contributed by atoms with Crippen molar-refractivity contribution < 1.29 is 24.0 Å². The second-order valence-electron chi connectivity index (χ2n) is 15.3. The second-order valence-corrected chi connectivity index (χ2v) is 16.1. The number of halogens is 2. The highest BCUT2D eigenvalue weighted by molar-refractivity contribution is 6.34. The van der Waals surface area contributed by atoms with Gasteiger partial charge in [-0.15, -0.1) is 0 Å². The Hall–Kier alpha value is -6.81. The van der Waals surface area contributed by atoms with Crippen LogP contribution in [0.1, 0.15) is 68.7 Å². The molecule has 0 aliphatic heterocycles. The number of hydrogen-bond acceptors (Lipinski definition) is 7. The minimum atomic E-state index is -0.364. The number of para-hydroxylation sites is 2. The fourth-order valence-corrected chi connectivity index (χ4v) is 7.52. The highest BCUT2D eigenvalue weighted by Gasteiger charge is 2.32. The van der Waals surface area contributed by atoms with E-state index in [1.807, 2.05) is 123 Å². The highest BCUT2D eigenvalue weighted by atomic mass is 35.5. The first-order valence-electron chi connectivity index (χ1n) is 20.6. The first kappa shape index (κ1) is 45.7. The number of Topliss-reactive ketones (excluding diaryl/α,β-unsaturated/α-hetero) is 3. The molecule has 0 radical (unpaired) electrons. The van der Waals surface area contributed by atoms with Crippen LogP contribution < -0.4 is 21.7 Å². The number of allylic oxidation sites excluding steroid dienone is 2. The monoisotopic (exact) mass is 878 g/mol. The van der Waals surface area contributed by atoms with Gasteiger partial charge in [0.25, 0.3) is 11.8 Å². The van der Waals surface area contributed by atoms with Crippen molar-refractivity contribution in [2.75, 3.05) is 21.7 Å². The normalized spacial score (nSPS) is 13.4. The molecule has 2 amide bonds. The summed E-state index contributed by atoms with van der Waals surface area (Å²) in [7, 11) is 0. The van der Waals surface area contributed by atoms with Crippen molar-refractivity contribution in [3.05, 3.63) is 200 Å². The number of amides is 2. The van der Waals surface area contributed by atoms with Gasteiger partial charge in [-0.05, 0) is 97.5 Å². The van der Waals surface area contributed by atoms with Gasteiger partial charge in [0.2, 0.25) is 0 Å². The molecule has 2 aliphatic carbocycles. The van der Waals surface area contributed by atoms with Crippen LogP contribution in [0.4, 0.5) is 22.7 Å². The van der Waals surface area contributed by atoms with Crippen LogP contribution in [0.2, 0.25) is 10.0 Å². The summed E-state index contributed by atoms with van der Waals surface area (Å²) < 4.78 is 0. The quantitative estimate of drug-likeness (QED) is 0.0791. The number of nitrogens with two attached hydrogens (primary N) is 1. The Labute approximate surface area is 377 Å². The molecule has 8 rings (SSSR count). The van der Waals surface area contributed by atoms with Crippen LogP contribution in [0.25, 0.3) is 0 Å². The third kappa shape index (κ3) is 12.6. The van der Waals surface area contributed by atoms with Crippen molar-refractivity contribution in [3.63, 3.8) is 0 Å². The van der Waals surface area contributed by atoms with E-state index in [0.717, 1.165) is 44.9 Å². The van der Waals surface area contributed by atoms with E-state index in [4.69, 9.17) is 28.9 Å². The van der Waals surface area contributed by atoms with E-state index in [1.54, 1.807) is 36.4 Å². The largest absolute Gasteiger partial charge is 0.398 e. The van der Waals surface area contributed by atoms with E-state index in [1.165, 1.54) is 0 Å². The summed E-state index contributed by atoms with van der Waals surface area (Å²) >= 11 is 12.4. The highest BCUT2D eigenvalue weighted by Crippen LogP contribution is 2.32. The van der Waals surface area contributed by atoms with Gasteiger partial charge in [-0.3, -0.25) is 24.0 Å². The number of rotatable bonds is 10. The second kappa shape index (κ2) is 21.8. The van der Waals surface area contributed by atoms with E-state index in [2.05, 4.69) is 16.0 Å². The summed E-state index contributed by atoms with van der Waals surface area (Å²) in [4.78, 5) is 59.8. The van der Waals surface area contributed by atoms with Crippen molar-refractivity contribution >= 4 is 75.1 Å². The van der Waals surface area contributed by atoms with Crippen LogP contribution in [0.15, 0.2) is 157 Å². The topological polar surface area (TPSA) is 147 Å². The Bertz CT molecular complexity index is 2650. The van der Waals surface area contributed by atoms with Gasteiger partial charge in [-0.1, -0.05) is 120 Å². The molecular formula is C52H48Cl2N4O5. The summed E-state index contributed by atoms with van der Waals surface area (Å²) in [5.41, 5.74) is 15.1. The van der Waals surface area contributed by atoms with Crippen molar-refractivity contribution in [1.82, 2.24) is 0 Å². The average molecular weight is 880 g/mol. The third-order valence-corrected chi connectivity index (χ3v) is 11.4. The van der Waals surface area contributed by atoms with E-state index in [9.17, 15) is 24.0 Å². The summed E-state index contributed by atoms with van der Waals surface area (Å²) in [6.07, 6.45) is 3.22. The van der Waals surface area contributed by atoms with E-state index in [0.29, 0.717) is 71.1 Å². The molecule has 0 saturated heterocycles. The predicted octanol–water partition coefficient (Wildman–Crippen LogP) is 11.4. The van der Waals surface area contributed by atoms with Gasteiger partial charge in [0.05, 0.1) is 27.3 Å². The number of ketones is 3. The molecule has 1 fully saturated rings. The van der Waals surface area contributed by atoms with Crippen LogP contribution in [0.3, 0.4) is 0 Å². The zero-order valence-electron chi connectivity index (χ0n) is 35.1. The molecule has 2 aliphatic rings. The Morgan fingerprint density at radius 1 is 0.571 bits per heavy atom. The molecule has 6 aromatic carbocycles. The van der Waals surface area contributed by atoms with E-state index >= 15 is 0 Å². The van der Waals surface area contributed by atoms with Crippen LogP contribution in [0.5, 0.6) is 0 Å². The lowest BCUT2D eigenvalue weighted by Crippen LogP contribution is -2.16. The Kier molecular flexibility index (Phi) is 15.8. The summed E-state index contributed by atoms with van der Waals surface area (Å²) in [6, 6.07) is 44.8. The van der Waals surface area contributed by atoms with Gasteiger partial charge in [0.15, 0.2) is 5.78 Å². The molecule has 11 heteroatoms. The number of anilines is 4. The van der Waals surface area contributed by atoms with Crippen LogP contribution in [-0.2, 0) is 27.2 Å². The van der Waals surface area contributed by atoms with Crippen LogP contribution in [0, 0.1) is 19.8 Å². The average Bonchev–Trinajstić information content (AvgIpc) is 3.79. The predicted molar refractivity (Wildman–Crippen MR) is 254 cm³/mol. The summed E-state index contributed by atoms with van der Waals surface area (Å²) in [5, 5.41) is 9.89. The molecule has 63 heavy (non-hydrogen) atoms. The Morgan fingerprint density at radius 2 is 1.06 bits per heavy atom. The maximum atomic E-state index is 12.6. The summed E-state index contributed by atoms with van der Waals surface area (Å²) in [6.45, 7) is 3.88. The van der Waals surface area contributed by atoms with Gasteiger partial charge in [-0.25, -0.2) is 0 Å². The molecule has 320 valence electrons. The smallest absolute Gasteiger partial charge is 0.255 e. The number of nitrogen functional groups attached to an aromatic ring is 1. The molecule has 5 N–H and O–H groups in total. The fourth-order valence-electron chi connectivity index (χ4n) is 7.11. The number of nitrogens with one attached hydrogen (secondary N) is 3. The number of hydrogen-bond donors (Lipinski definition) is 4.